The van der Waals surface area contributed by atoms with E-state index >= 15 is 0 Å². The Labute approximate surface area is 179 Å². The second kappa shape index (κ2) is 9.84. The van der Waals surface area contributed by atoms with Crippen molar-refractivity contribution in [1.29, 1.82) is 0 Å². The number of nitrogens with two attached hydrogens (primary N) is 1. The van der Waals surface area contributed by atoms with Gasteiger partial charge in [-0.05, 0) is 48.4 Å². The first-order valence-corrected chi connectivity index (χ1v) is 10.8. The van der Waals surface area contributed by atoms with Crippen molar-refractivity contribution in [3.8, 4) is 0 Å². The zero-order chi connectivity index (χ0) is 22.5. The van der Waals surface area contributed by atoms with Crippen LogP contribution in [-0.2, 0) is 19.6 Å². The molecule has 0 saturated heterocycles. The fourth-order valence-corrected chi connectivity index (χ4v) is 3.19. The van der Waals surface area contributed by atoms with E-state index < -0.39 is 28.4 Å². The number of halogens is 1. The molecule has 0 atom stereocenters. The fraction of sp³-hybridized carbons (Fsp3) is 0.250. The molecule has 2 aromatic carbocycles. The Morgan fingerprint density at radius 1 is 1.10 bits per heavy atom. The Balaban J connectivity index is 2.00. The number of primary sulfonamides is 1. The maximum atomic E-state index is 12.3. The summed E-state index contributed by atoms with van der Waals surface area (Å²) in [7, 11) is -4.03. The first-order valence-electron chi connectivity index (χ1n) is 8.90. The summed E-state index contributed by atoms with van der Waals surface area (Å²) >= 11 is 5.91. The van der Waals surface area contributed by atoms with E-state index in [0.29, 0.717) is 12.1 Å². The Bertz CT molecular complexity index is 1070. The summed E-state index contributed by atoms with van der Waals surface area (Å²) in [6, 6.07) is 9.47. The minimum Gasteiger partial charge on any atom is -0.454 e. The molecule has 0 bridgehead atoms. The van der Waals surface area contributed by atoms with Crippen molar-refractivity contribution in [1.82, 2.24) is 0 Å². The minimum absolute atomic E-state index is 0.0404. The van der Waals surface area contributed by atoms with E-state index in [1.165, 1.54) is 18.2 Å². The molecular weight excluding hydrogens is 432 g/mol. The zero-order valence-electron chi connectivity index (χ0n) is 16.3. The van der Waals surface area contributed by atoms with Crippen LogP contribution in [0.4, 0.5) is 5.69 Å². The molecule has 30 heavy (non-hydrogen) atoms. The van der Waals surface area contributed by atoms with Crippen LogP contribution in [0.1, 0.15) is 41.0 Å². The van der Waals surface area contributed by atoms with Crippen LogP contribution in [0.15, 0.2) is 47.4 Å². The van der Waals surface area contributed by atoms with Gasteiger partial charge >= 0.3 is 5.97 Å². The number of rotatable bonds is 8. The number of hydrogen-bond donors (Lipinski definition) is 2. The second-order valence-electron chi connectivity index (χ2n) is 6.91. The number of carbonyl (C=O) groups excluding carboxylic acids is 3. The molecule has 10 heteroatoms. The van der Waals surface area contributed by atoms with E-state index in [1.54, 1.807) is 12.1 Å². The van der Waals surface area contributed by atoms with E-state index in [9.17, 15) is 22.8 Å². The molecule has 8 nitrogen and oxygen atoms in total. The molecule has 0 aliphatic heterocycles. The molecule has 160 valence electrons. The number of amides is 1. The molecular formula is C20H21ClN2O6S. The molecule has 0 fully saturated rings. The van der Waals surface area contributed by atoms with Crippen molar-refractivity contribution in [2.24, 2.45) is 11.1 Å². The number of hydrogen-bond acceptors (Lipinski definition) is 6. The van der Waals surface area contributed by atoms with E-state index in [-0.39, 0.29) is 32.9 Å². The van der Waals surface area contributed by atoms with Crippen LogP contribution in [0.5, 0.6) is 0 Å². The smallest absolute Gasteiger partial charge is 0.340 e. The van der Waals surface area contributed by atoms with E-state index in [1.807, 2.05) is 13.8 Å². The number of ether oxygens (including phenoxy) is 1. The monoisotopic (exact) mass is 452 g/mol. The van der Waals surface area contributed by atoms with Gasteiger partial charge in [0.15, 0.2) is 12.4 Å². The molecule has 0 aromatic heterocycles. The highest BCUT2D eigenvalue weighted by molar-refractivity contribution is 7.89. The fourth-order valence-electron chi connectivity index (χ4n) is 2.45. The molecule has 0 aliphatic carbocycles. The first kappa shape index (κ1) is 23.5. The summed E-state index contributed by atoms with van der Waals surface area (Å²) in [4.78, 5) is 35.9. The van der Waals surface area contributed by atoms with Crippen LogP contribution < -0.4 is 10.5 Å². The summed E-state index contributed by atoms with van der Waals surface area (Å²) in [5.74, 6) is -1.35. The van der Waals surface area contributed by atoms with E-state index in [4.69, 9.17) is 21.5 Å². The number of esters is 1. The summed E-state index contributed by atoms with van der Waals surface area (Å²) in [6.45, 7) is 3.29. The summed E-state index contributed by atoms with van der Waals surface area (Å²) in [5, 5.41) is 7.72. The Hall–Kier alpha value is -2.75. The lowest BCUT2D eigenvalue weighted by molar-refractivity contribution is -0.116. The molecule has 1 amide bonds. The molecule has 2 rings (SSSR count). The molecule has 0 saturated carbocycles. The predicted octanol–water partition coefficient (Wildman–Crippen LogP) is 3.01. The molecule has 0 radical (unpaired) electrons. The van der Waals surface area contributed by atoms with Crippen molar-refractivity contribution < 1.29 is 27.5 Å². The molecule has 0 aliphatic rings. The third-order valence-electron chi connectivity index (χ3n) is 3.90. The average molecular weight is 453 g/mol. The van der Waals surface area contributed by atoms with Crippen LogP contribution >= 0.6 is 11.6 Å². The van der Waals surface area contributed by atoms with Gasteiger partial charge in [-0.2, -0.15) is 0 Å². The Morgan fingerprint density at radius 2 is 1.73 bits per heavy atom. The lowest BCUT2D eigenvalue weighted by atomic mass is 10.1. The lowest BCUT2D eigenvalue weighted by Gasteiger charge is -2.09. The van der Waals surface area contributed by atoms with Gasteiger partial charge in [0.2, 0.25) is 15.9 Å². The highest BCUT2D eigenvalue weighted by Crippen LogP contribution is 2.21. The second-order valence-corrected chi connectivity index (χ2v) is 8.88. The molecule has 3 N–H and O–H groups in total. The highest BCUT2D eigenvalue weighted by Gasteiger charge is 2.18. The average Bonchev–Trinajstić information content (AvgIpc) is 2.65. The van der Waals surface area contributed by atoms with Crippen molar-refractivity contribution in [3.05, 3.63) is 58.6 Å². The summed E-state index contributed by atoms with van der Waals surface area (Å²) in [6.07, 6.45) is 0.381. The SMILES string of the molecule is CC(C)CC(=O)Nc1ccc(C(=O)COC(=O)c2cc(S(N)(=O)=O)ccc2Cl)cc1. The molecule has 0 spiro atoms. The number of nitrogens with one attached hydrogen (secondary N) is 1. The zero-order valence-corrected chi connectivity index (χ0v) is 17.9. The molecule has 2 aromatic rings. The number of Topliss-reactive ketones (excluding diaryl/α,β-unsaturated/α-hetero) is 1. The first-order chi connectivity index (χ1) is 14.0. The standard InChI is InChI=1S/C20H21ClN2O6S/c1-12(2)9-19(25)23-14-5-3-13(4-6-14)18(24)11-29-20(26)16-10-15(30(22,27)28)7-8-17(16)21/h3-8,10,12H,9,11H2,1-2H3,(H,23,25)(H2,22,27,28). The van der Waals surface area contributed by atoms with Crippen LogP contribution in [0.3, 0.4) is 0 Å². The van der Waals surface area contributed by atoms with Gasteiger partial charge in [0, 0.05) is 17.7 Å². The molecule has 0 heterocycles. The van der Waals surface area contributed by atoms with Crippen LogP contribution in [0.25, 0.3) is 0 Å². The number of anilines is 1. The van der Waals surface area contributed by atoms with Crippen LogP contribution in [0, 0.1) is 5.92 Å². The topological polar surface area (TPSA) is 133 Å². The largest absolute Gasteiger partial charge is 0.454 e. The Morgan fingerprint density at radius 3 is 2.30 bits per heavy atom. The summed E-state index contributed by atoms with van der Waals surface area (Å²) < 4.78 is 27.8. The minimum atomic E-state index is -4.03. The van der Waals surface area contributed by atoms with Crippen molar-refractivity contribution in [2.75, 3.05) is 11.9 Å². The van der Waals surface area contributed by atoms with Crippen molar-refractivity contribution in [2.45, 2.75) is 25.2 Å². The summed E-state index contributed by atoms with van der Waals surface area (Å²) in [5.41, 5.74) is 0.592. The normalized spacial score (nSPS) is 11.2. The van der Waals surface area contributed by atoms with E-state index in [2.05, 4.69) is 5.32 Å². The maximum absolute atomic E-state index is 12.3. The molecule has 0 unspecified atom stereocenters. The van der Waals surface area contributed by atoms with Gasteiger partial charge in [-0.1, -0.05) is 25.4 Å². The Kier molecular flexibility index (Phi) is 7.71. The van der Waals surface area contributed by atoms with Gasteiger partial charge < -0.3 is 10.1 Å². The van der Waals surface area contributed by atoms with Crippen molar-refractivity contribution >= 4 is 45.0 Å². The van der Waals surface area contributed by atoms with Crippen LogP contribution in [-0.4, -0.2) is 32.7 Å². The van der Waals surface area contributed by atoms with Gasteiger partial charge in [0.25, 0.3) is 0 Å². The number of sulfonamides is 1. The highest BCUT2D eigenvalue weighted by atomic mass is 35.5. The van der Waals surface area contributed by atoms with Crippen molar-refractivity contribution in [3.63, 3.8) is 0 Å². The number of carbonyl (C=O) groups is 3. The number of ketones is 1. The van der Waals surface area contributed by atoms with Gasteiger partial charge in [-0.3, -0.25) is 9.59 Å². The quantitative estimate of drug-likeness (QED) is 0.467. The number of benzene rings is 2. The lowest BCUT2D eigenvalue weighted by Crippen LogP contribution is -2.17. The maximum Gasteiger partial charge on any atom is 0.340 e. The van der Waals surface area contributed by atoms with E-state index in [0.717, 1.165) is 12.1 Å². The van der Waals surface area contributed by atoms with Gasteiger partial charge in [-0.15, -0.1) is 0 Å². The predicted molar refractivity (Wildman–Crippen MR) is 112 cm³/mol. The van der Waals surface area contributed by atoms with Crippen LogP contribution in [0.2, 0.25) is 5.02 Å². The van der Waals surface area contributed by atoms with Gasteiger partial charge in [0.05, 0.1) is 15.5 Å². The van der Waals surface area contributed by atoms with Gasteiger partial charge in [0.1, 0.15) is 0 Å². The third-order valence-corrected chi connectivity index (χ3v) is 5.15. The third kappa shape index (κ3) is 6.65. The van der Waals surface area contributed by atoms with Gasteiger partial charge in [-0.25, -0.2) is 18.4 Å².